The molecule has 1 amide bonds. The minimum absolute atomic E-state index is 0.00469. The Labute approximate surface area is 146 Å². The summed E-state index contributed by atoms with van der Waals surface area (Å²) in [7, 11) is 0. The normalized spacial score (nSPS) is 16.6. The molecule has 24 heavy (non-hydrogen) atoms. The van der Waals surface area contributed by atoms with E-state index in [1.54, 1.807) is 0 Å². The van der Waals surface area contributed by atoms with Crippen molar-refractivity contribution < 1.29 is 9.90 Å². The third-order valence-electron chi connectivity index (χ3n) is 4.63. The minimum Gasteiger partial charge on any atom is -0.390 e. The molecule has 4 nitrogen and oxygen atoms in total. The van der Waals surface area contributed by atoms with Crippen LogP contribution in [-0.4, -0.2) is 47.7 Å². The third-order valence-corrected chi connectivity index (χ3v) is 4.63. The summed E-state index contributed by atoms with van der Waals surface area (Å²) in [4.78, 5) is 14.8. The number of benzene rings is 1. The van der Waals surface area contributed by atoms with Crippen LogP contribution >= 0.6 is 0 Å². The Bertz CT molecular complexity index is 515. The van der Waals surface area contributed by atoms with Gasteiger partial charge in [0.1, 0.15) is 0 Å². The molecule has 1 heterocycles. The summed E-state index contributed by atoms with van der Waals surface area (Å²) in [5.74, 6) is -0.00469. The van der Waals surface area contributed by atoms with Gasteiger partial charge in [-0.05, 0) is 70.3 Å². The smallest absolute Gasteiger partial charge is 0.251 e. The van der Waals surface area contributed by atoms with E-state index in [4.69, 9.17) is 0 Å². The molecule has 1 saturated heterocycles. The van der Waals surface area contributed by atoms with Gasteiger partial charge in [0.15, 0.2) is 0 Å². The van der Waals surface area contributed by atoms with E-state index in [1.807, 2.05) is 38.1 Å². The summed E-state index contributed by atoms with van der Waals surface area (Å²) in [6, 6.07) is 7.73. The van der Waals surface area contributed by atoms with Gasteiger partial charge in [-0.1, -0.05) is 25.0 Å². The molecule has 0 aromatic heterocycles. The quantitative estimate of drug-likeness (QED) is 0.807. The molecule has 0 saturated carbocycles. The molecule has 1 aromatic carbocycles. The van der Waals surface area contributed by atoms with Crippen LogP contribution in [-0.2, 0) is 6.42 Å². The van der Waals surface area contributed by atoms with Crippen LogP contribution in [0.5, 0.6) is 0 Å². The average Bonchev–Trinajstić information content (AvgIpc) is 2.81. The predicted molar refractivity (Wildman–Crippen MR) is 98.3 cm³/mol. The summed E-state index contributed by atoms with van der Waals surface area (Å²) >= 11 is 0. The maximum Gasteiger partial charge on any atom is 0.251 e. The highest BCUT2D eigenvalue weighted by molar-refractivity contribution is 5.94. The zero-order valence-corrected chi connectivity index (χ0v) is 15.2. The first kappa shape index (κ1) is 18.9. The van der Waals surface area contributed by atoms with E-state index in [-0.39, 0.29) is 5.91 Å². The van der Waals surface area contributed by atoms with Gasteiger partial charge in [0, 0.05) is 18.7 Å². The van der Waals surface area contributed by atoms with E-state index >= 15 is 0 Å². The number of aryl methyl sites for hydroxylation is 1. The molecule has 0 aliphatic carbocycles. The molecular weight excluding hydrogens is 300 g/mol. The molecule has 2 N–H and O–H groups in total. The molecule has 0 radical (unpaired) electrons. The van der Waals surface area contributed by atoms with Gasteiger partial charge in [0.25, 0.3) is 5.91 Å². The lowest BCUT2D eigenvalue weighted by Crippen LogP contribution is -2.35. The van der Waals surface area contributed by atoms with Crippen LogP contribution in [0.3, 0.4) is 0 Å². The minimum atomic E-state index is -0.675. The van der Waals surface area contributed by atoms with Gasteiger partial charge in [0.05, 0.1) is 5.60 Å². The second kappa shape index (κ2) is 9.19. The van der Waals surface area contributed by atoms with Crippen LogP contribution in [0.4, 0.5) is 0 Å². The topological polar surface area (TPSA) is 52.6 Å². The van der Waals surface area contributed by atoms with E-state index in [0.717, 1.165) is 31.6 Å². The zero-order chi connectivity index (χ0) is 17.4. The molecule has 2 rings (SSSR count). The lowest BCUT2D eigenvalue weighted by Gasteiger charge is -2.19. The number of amides is 1. The molecule has 1 aliphatic rings. The van der Waals surface area contributed by atoms with Crippen molar-refractivity contribution >= 4 is 5.91 Å². The number of aliphatic hydroxyl groups is 1. The maximum atomic E-state index is 12.3. The number of nitrogens with zero attached hydrogens (tertiary/aromatic N) is 1. The van der Waals surface area contributed by atoms with Crippen molar-refractivity contribution in [1.82, 2.24) is 10.2 Å². The Kier molecular flexibility index (Phi) is 7.25. The van der Waals surface area contributed by atoms with Crippen molar-refractivity contribution in [2.45, 2.75) is 58.0 Å². The van der Waals surface area contributed by atoms with E-state index < -0.39 is 5.60 Å². The van der Waals surface area contributed by atoms with Gasteiger partial charge >= 0.3 is 0 Å². The Morgan fingerprint density at radius 2 is 1.92 bits per heavy atom. The summed E-state index contributed by atoms with van der Waals surface area (Å²) in [5.41, 5.74) is 1.13. The van der Waals surface area contributed by atoms with Crippen molar-refractivity contribution in [3.05, 3.63) is 35.4 Å². The van der Waals surface area contributed by atoms with Crippen LogP contribution in [0.1, 0.15) is 61.9 Å². The van der Waals surface area contributed by atoms with E-state index in [2.05, 4.69) is 10.2 Å². The fourth-order valence-electron chi connectivity index (χ4n) is 3.11. The highest BCUT2D eigenvalue weighted by Gasteiger charge is 2.13. The van der Waals surface area contributed by atoms with Crippen LogP contribution < -0.4 is 5.32 Å². The molecule has 1 aliphatic heterocycles. The molecule has 0 unspecified atom stereocenters. The first-order valence-electron chi connectivity index (χ1n) is 9.26. The lowest BCUT2D eigenvalue weighted by atomic mass is 9.98. The van der Waals surface area contributed by atoms with Gasteiger partial charge in [-0.25, -0.2) is 0 Å². The van der Waals surface area contributed by atoms with Crippen molar-refractivity contribution in [3.8, 4) is 0 Å². The average molecular weight is 332 g/mol. The second-order valence-electron chi connectivity index (χ2n) is 7.52. The Morgan fingerprint density at radius 3 is 2.58 bits per heavy atom. The van der Waals surface area contributed by atoms with E-state index in [0.29, 0.717) is 18.5 Å². The number of rotatable bonds is 7. The lowest BCUT2D eigenvalue weighted by molar-refractivity contribution is 0.0714. The predicted octanol–water partition coefficient (Wildman–Crippen LogP) is 3.00. The standard InChI is InChI=1S/C20H32N2O2/c1-20(2,24)11-10-17-8-7-9-18(16-17)19(23)21-12-15-22-13-5-3-4-6-14-22/h7-9,16,24H,3-6,10-15H2,1-2H3,(H,21,23). The summed E-state index contributed by atoms with van der Waals surface area (Å²) < 4.78 is 0. The number of nitrogens with one attached hydrogen (secondary N) is 1. The highest BCUT2D eigenvalue weighted by Crippen LogP contribution is 2.14. The monoisotopic (exact) mass is 332 g/mol. The van der Waals surface area contributed by atoms with Gasteiger partial charge < -0.3 is 15.3 Å². The third kappa shape index (κ3) is 7.02. The van der Waals surface area contributed by atoms with E-state index in [1.165, 1.54) is 25.7 Å². The maximum absolute atomic E-state index is 12.3. The summed E-state index contributed by atoms with van der Waals surface area (Å²) in [6.07, 6.45) is 6.68. The fraction of sp³-hybridized carbons (Fsp3) is 0.650. The largest absolute Gasteiger partial charge is 0.390 e. The number of carbonyl (C=O) groups excluding carboxylic acids is 1. The van der Waals surface area contributed by atoms with Crippen LogP contribution in [0.2, 0.25) is 0 Å². The Hall–Kier alpha value is -1.39. The molecule has 4 heteroatoms. The summed E-state index contributed by atoms with van der Waals surface area (Å²) in [5, 5.41) is 12.9. The number of carbonyl (C=O) groups is 1. The van der Waals surface area contributed by atoms with Crippen molar-refractivity contribution in [3.63, 3.8) is 0 Å². The highest BCUT2D eigenvalue weighted by atomic mass is 16.3. The van der Waals surface area contributed by atoms with Crippen LogP contribution in [0.15, 0.2) is 24.3 Å². The first-order chi connectivity index (χ1) is 11.4. The fourth-order valence-corrected chi connectivity index (χ4v) is 3.11. The Morgan fingerprint density at radius 1 is 1.21 bits per heavy atom. The zero-order valence-electron chi connectivity index (χ0n) is 15.2. The van der Waals surface area contributed by atoms with E-state index in [9.17, 15) is 9.90 Å². The van der Waals surface area contributed by atoms with Crippen molar-refractivity contribution in [1.29, 1.82) is 0 Å². The van der Waals surface area contributed by atoms with Crippen molar-refractivity contribution in [2.75, 3.05) is 26.2 Å². The number of hydrogen-bond acceptors (Lipinski definition) is 3. The van der Waals surface area contributed by atoms with Crippen LogP contribution in [0.25, 0.3) is 0 Å². The molecule has 1 fully saturated rings. The van der Waals surface area contributed by atoms with Gasteiger partial charge in [-0.15, -0.1) is 0 Å². The van der Waals surface area contributed by atoms with Crippen LogP contribution in [0, 0.1) is 0 Å². The molecule has 1 aromatic rings. The Balaban J connectivity index is 1.79. The summed E-state index contributed by atoms with van der Waals surface area (Å²) in [6.45, 7) is 7.57. The van der Waals surface area contributed by atoms with Gasteiger partial charge in [-0.3, -0.25) is 4.79 Å². The van der Waals surface area contributed by atoms with Gasteiger partial charge in [0.2, 0.25) is 0 Å². The molecular formula is C20H32N2O2. The number of likely N-dealkylation sites (tertiary alicyclic amines) is 1. The molecule has 134 valence electrons. The van der Waals surface area contributed by atoms with Gasteiger partial charge in [-0.2, -0.15) is 0 Å². The second-order valence-corrected chi connectivity index (χ2v) is 7.52. The number of hydrogen-bond donors (Lipinski definition) is 2. The SMILES string of the molecule is CC(C)(O)CCc1cccc(C(=O)NCCN2CCCCCC2)c1. The molecule has 0 atom stereocenters. The molecule has 0 bridgehead atoms. The van der Waals surface area contributed by atoms with Crippen molar-refractivity contribution in [2.24, 2.45) is 0 Å². The molecule has 0 spiro atoms. The first-order valence-corrected chi connectivity index (χ1v) is 9.26.